The van der Waals surface area contributed by atoms with Gasteiger partial charge in [0.2, 0.25) is 0 Å². The van der Waals surface area contributed by atoms with Gasteiger partial charge >= 0.3 is 6.03 Å². The minimum Gasteiger partial charge on any atom is -0.378 e. The van der Waals surface area contributed by atoms with Crippen LogP contribution in [0.1, 0.15) is 24.1 Å². The summed E-state index contributed by atoms with van der Waals surface area (Å²) in [6, 6.07) is 15.5. The molecule has 2 rings (SSSR count). The summed E-state index contributed by atoms with van der Waals surface area (Å²) in [5.41, 5.74) is 9.19. The Kier molecular flexibility index (Phi) is 4.25. The first-order valence-electron chi connectivity index (χ1n) is 6.54. The molecular formula is C16H19N3O. The fourth-order valence-electron chi connectivity index (χ4n) is 2.10. The van der Waals surface area contributed by atoms with E-state index in [0.29, 0.717) is 5.69 Å². The lowest BCUT2D eigenvalue weighted by atomic mass is 10.1. The van der Waals surface area contributed by atoms with Gasteiger partial charge in [0.1, 0.15) is 0 Å². The molecule has 0 radical (unpaired) electrons. The fraction of sp³-hybridized carbons (Fsp3) is 0.188. The average Bonchev–Trinajstić information content (AvgIpc) is 2.38. The van der Waals surface area contributed by atoms with Crippen LogP contribution in [-0.4, -0.2) is 6.03 Å². The Morgan fingerprint density at radius 1 is 1.10 bits per heavy atom. The molecule has 0 bridgehead atoms. The van der Waals surface area contributed by atoms with Gasteiger partial charge < -0.3 is 16.4 Å². The molecule has 0 aliphatic carbocycles. The number of rotatable bonds is 4. The van der Waals surface area contributed by atoms with Crippen LogP contribution < -0.4 is 16.4 Å². The lowest BCUT2D eigenvalue weighted by Crippen LogP contribution is -2.19. The third-order valence-corrected chi connectivity index (χ3v) is 3.06. The number of urea groups is 1. The topological polar surface area (TPSA) is 67.2 Å². The molecule has 0 heterocycles. The van der Waals surface area contributed by atoms with Gasteiger partial charge in [-0.1, -0.05) is 35.9 Å². The molecule has 1 atom stereocenters. The lowest BCUT2D eigenvalue weighted by Gasteiger charge is -2.17. The van der Waals surface area contributed by atoms with Crippen molar-refractivity contribution in [3.63, 3.8) is 0 Å². The van der Waals surface area contributed by atoms with Crippen molar-refractivity contribution in [1.29, 1.82) is 0 Å². The van der Waals surface area contributed by atoms with Crippen molar-refractivity contribution in [3.8, 4) is 0 Å². The SMILES string of the molecule is Cc1cccc(C(C)Nc2cccc(NC(N)=O)c2)c1. The number of hydrogen-bond acceptors (Lipinski definition) is 2. The van der Waals surface area contributed by atoms with E-state index in [2.05, 4.69) is 42.7 Å². The van der Waals surface area contributed by atoms with Gasteiger partial charge in [0, 0.05) is 17.4 Å². The summed E-state index contributed by atoms with van der Waals surface area (Å²) in [5, 5.41) is 5.97. The Hall–Kier alpha value is -2.49. The molecule has 2 amide bonds. The summed E-state index contributed by atoms with van der Waals surface area (Å²) < 4.78 is 0. The molecule has 2 aromatic carbocycles. The van der Waals surface area contributed by atoms with E-state index in [0.717, 1.165) is 5.69 Å². The van der Waals surface area contributed by atoms with E-state index in [1.165, 1.54) is 11.1 Å². The standard InChI is InChI=1S/C16H19N3O/c1-11-5-3-6-13(9-11)12(2)18-14-7-4-8-15(10-14)19-16(17)20/h3-10,12,18H,1-2H3,(H3,17,19,20). The number of nitrogens with one attached hydrogen (secondary N) is 2. The van der Waals surface area contributed by atoms with Crippen LogP contribution in [0.25, 0.3) is 0 Å². The van der Waals surface area contributed by atoms with Crippen LogP contribution in [0.3, 0.4) is 0 Å². The third-order valence-electron chi connectivity index (χ3n) is 3.06. The number of nitrogens with two attached hydrogens (primary N) is 1. The predicted octanol–water partition coefficient (Wildman–Crippen LogP) is 3.66. The summed E-state index contributed by atoms with van der Waals surface area (Å²) in [6.45, 7) is 4.18. The van der Waals surface area contributed by atoms with E-state index in [4.69, 9.17) is 5.73 Å². The van der Waals surface area contributed by atoms with Crippen molar-refractivity contribution in [3.05, 3.63) is 59.7 Å². The van der Waals surface area contributed by atoms with Gasteiger partial charge in [-0.2, -0.15) is 0 Å². The third kappa shape index (κ3) is 3.75. The van der Waals surface area contributed by atoms with Crippen molar-refractivity contribution < 1.29 is 4.79 Å². The second kappa shape index (κ2) is 6.10. The minimum atomic E-state index is -0.561. The molecule has 0 saturated heterocycles. The van der Waals surface area contributed by atoms with Crippen molar-refractivity contribution in [1.82, 2.24) is 0 Å². The van der Waals surface area contributed by atoms with Crippen LogP contribution in [0.15, 0.2) is 48.5 Å². The zero-order valence-electron chi connectivity index (χ0n) is 11.7. The van der Waals surface area contributed by atoms with E-state index >= 15 is 0 Å². The van der Waals surface area contributed by atoms with Crippen molar-refractivity contribution in [2.45, 2.75) is 19.9 Å². The second-order valence-electron chi connectivity index (χ2n) is 4.85. The molecule has 2 aromatic rings. The summed E-state index contributed by atoms with van der Waals surface area (Å²) in [6.07, 6.45) is 0. The van der Waals surface area contributed by atoms with Crippen LogP contribution in [0.2, 0.25) is 0 Å². The van der Waals surface area contributed by atoms with E-state index in [1.54, 1.807) is 6.07 Å². The highest BCUT2D eigenvalue weighted by molar-refractivity contribution is 5.88. The van der Waals surface area contributed by atoms with Crippen molar-refractivity contribution in [2.24, 2.45) is 5.73 Å². The zero-order chi connectivity index (χ0) is 14.5. The normalized spacial score (nSPS) is 11.7. The molecule has 0 aliphatic heterocycles. The number of aryl methyl sites for hydroxylation is 1. The molecule has 4 nitrogen and oxygen atoms in total. The monoisotopic (exact) mass is 269 g/mol. The highest BCUT2D eigenvalue weighted by Gasteiger charge is 2.06. The van der Waals surface area contributed by atoms with Crippen molar-refractivity contribution in [2.75, 3.05) is 10.6 Å². The number of amides is 2. The first-order chi connectivity index (χ1) is 9.54. The summed E-state index contributed by atoms with van der Waals surface area (Å²) >= 11 is 0. The number of carbonyl (C=O) groups is 1. The fourth-order valence-corrected chi connectivity index (χ4v) is 2.10. The van der Waals surface area contributed by atoms with E-state index in [9.17, 15) is 4.79 Å². The molecule has 1 unspecified atom stereocenters. The van der Waals surface area contributed by atoms with Gasteiger partial charge in [-0.3, -0.25) is 0 Å². The van der Waals surface area contributed by atoms with Crippen LogP contribution in [0, 0.1) is 6.92 Å². The summed E-state index contributed by atoms with van der Waals surface area (Å²) in [5.74, 6) is 0. The van der Waals surface area contributed by atoms with Crippen molar-refractivity contribution >= 4 is 17.4 Å². The summed E-state index contributed by atoms with van der Waals surface area (Å²) in [7, 11) is 0. The quantitative estimate of drug-likeness (QED) is 0.793. The molecule has 0 saturated carbocycles. The van der Waals surface area contributed by atoms with Gasteiger partial charge in [0.25, 0.3) is 0 Å². The molecule has 0 aliphatic rings. The first-order valence-corrected chi connectivity index (χ1v) is 6.54. The lowest BCUT2D eigenvalue weighted by molar-refractivity contribution is 0.259. The molecule has 4 N–H and O–H groups in total. The summed E-state index contributed by atoms with van der Waals surface area (Å²) in [4.78, 5) is 10.9. The highest BCUT2D eigenvalue weighted by atomic mass is 16.2. The number of carbonyl (C=O) groups excluding carboxylic acids is 1. The predicted molar refractivity (Wildman–Crippen MR) is 82.9 cm³/mol. The Labute approximate surface area is 119 Å². The number of anilines is 2. The van der Waals surface area contributed by atoms with Gasteiger partial charge in [-0.05, 0) is 37.6 Å². The van der Waals surface area contributed by atoms with E-state index < -0.39 is 6.03 Å². The van der Waals surface area contributed by atoms with E-state index in [-0.39, 0.29) is 6.04 Å². The second-order valence-corrected chi connectivity index (χ2v) is 4.85. The van der Waals surface area contributed by atoms with Gasteiger partial charge in [0.15, 0.2) is 0 Å². The Morgan fingerprint density at radius 2 is 1.80 bits per heavy atom. The minimum absolute atomic E-state index is 0.179. The maximum Gasteiger partial charge on any atom is 0.316 e. The maximum atomic E-state index is 10.9. The molecule has 0 aromatic heterocycles. The molecule has 104 valence electrons. The Morgan fingerprint density at radius 3 is 2.50 bits per heavy atom. The smallest absolute Gasteiger partial charge is 0.316 e. The number of hydrogen-bond donors (Lipinski definition) is 3. The molecule has 0 spiro atoms. The van der Waals surface area contributed by atoms with Crippen LogP contribution in [0.4, 0.5) is 16.2 Å². The number of primary amides is 1. The van der Waals surface area contributed by atoms with Crippen LogP contribution >= 0.6 is 0 Å². The molecule has 4 heteroatoms. The van der Waals surface area contributed by atoms with E-state index in [1.807, 2.05) is 24.3 Å². The molecular weight excluding hydrogens is 250 g/mol. The zero-order valence-corrected chi connectivity index (χ0v) is 11.7. The van der Waals surface area contributed by atoms with Gasteiger partial charge in [-0.15, -0.1) is 0 Å². The highest BCUT2D eigenvalue weighted by Crippen LogP contribution is 2.22. The first kappa shape index (κ1) is 13.9. The molecule has 20 heavy (non-hydrogen) atoms. The Bertz CT molecular complexity index is 610. The molecule has 0 fully saturated rings. The average molecular weight is 269 g/mol. The maximum absolute atomic E-state index is 10.9. The number of benzene rings is 2. The van der Waals surface area contributed by atoms with Gasteiger partial charge in [0.05, 0.1) is 0 Å². The van der Waals surface area contributed by atoms with Crippen LogP contribution in [0.5, 0.6) is 0 Å². The van der Waals surface area contributed by atoms with Gasteiger partial charge in [-0.25, -0.2) is 4.79 Å². The Balaban J connectivity index is 2.11. The van der Waals surface area contributed by atoms with Crippen LogP contribution in [-0.2, 0) is 0 Å². The largest absolute Gasteiger partial charge is 0.378 e.